The molecule has 2 rings (SSSR count). The Morgan fingerprint density at radius 3 is 2.70 bits per heavy atom. The van der Waals surface area contributed by atoms with E-state index in [-0.39, 0.29) is 5.91 Å². The lowest BCUT2D eigenvalue weighted by molar-refractivity contribution is 0.0945. The van der Waals surface area contributed by atoms with Gasteiger partial charge in [-0.2, -0.15) is 0 Å². The van der Waals surface area contributed by atoms with Crippen molar-refractivity contribution in [3.63, 3.8) is 0 Å². The second-order valence-corrected chi connectivity index (χ2v) is 5.27. The zero-order chi connectivity index (χ0) is 14.2. The molecule has 20 heavy (non-hydrogen) atoms. The molecule has 0 unspecified atom stereocenters. The summed E-state index contributed by atoms with van der Waals surface area (Å²) in [5, 5.41) is 5.98. The predicted molar refractivity (Wildman–Crippen MR) is 85.5 cm³/mol. The summed E-state index contributed by atoms with van der Waals surface area (Å²) < 4.78 is 5.33. The molecule has 0 atom stereocenters. The summed E-state index contributed by atoms with van der Waals surface area (Å²) in [6.45, 7) is 2.01. The Labute approximate surface area is 127 Å². The van der Waals surface area contributed by atoms with E-state index < -0.39 is 0 Å². The van der Waals surface area contributed by atoms with Crippen molar-refractivity contribution in [2.24, 2.45) is 0 Å². The van der Waals surface area contributed by atoms with Gasteiger partial charge in [0.2, 0.25) is 0 Å². The molecule has 0 aliphatic carbocycles. The monoisotopic (exact) mass is 335 g/mol. The molecule has 0 fully saturated rings. The minimum atomic E-state index is -0.0313. The van der Waals surface area contributed by atoms with E-state index in [1.807, 2.05) is 42.5 Å². The molecule has 0 heterocycles. The fourth-order valence-corrected chi connectivity index (χ4v) is 2.19. The minimum Gasteiger partial charge on any atom is -0.381 e. The second kappa shape index (κ2) is 8.02. The van der Waals surface area contributed by atoms with Crippen molar-refractivity contribution in [3.05, 3.63) is 48.0 Å². The third-order valence-electron chi connectivity index (χ3n) is 2.98. The fourth-order valence-electron chi connectivity index (χ4n) is 1.97. The average Bonchev–Trinajstić information content (AvgIpc) is 2.50. The Hall–Kier alpha value is -1.39. The molecule has 2 aromatic carbocycles. The highest BCUT2D eigenvalue weighted by Gasteiger charge is 2.05. The number of nitrogens with one attached hydrogen (secondary N) is 1. The summed E-state index contributed by atoms with van der Waals surface area (Å²) in [6.07, 6.45) is 0.826. The molecule has 0 aliphatic rings. The standard InChI is InChI=1S/C16H18BrNO2/c17-8-11-20-10-3-9-18-16(19)15-7-6-13-4-1-2-5-14(13)12-15/h1-2,4-7,12H,3,8-11H2,(H,18,19). The molecular formula is C16H18BrNO2. The van der Waals surface area contributed by atoms with Crippen LogP contribution in [0.1, 0.15) is 16.8 Å². The van der Waals surface area contributed by atoms with Gasteiger partial charge in [-0.25, -0.2) is 0 Å². The SMILES string of the molecule is O=C(NCCCOCCBr)c1ccc2ccccc2c1. The number of amides is 1. The van der Waals surface area contributed by atoms with E-state index in [1.165, 1.54) is 0 Å². The lowest BCUT2D eigenvalue weighted by atomic mass is 10.1. The molecule has 0 saturated heterocycles. The van der Waals surface area contributed by atoms with E-state index in [0.717, 1.165) is 22.5 Å². The Morgan fingerprint density at radius 1 is 1.10 bits per heavy atom. The fraction of sp³-hybridized carbons (Fsp3) is 0.312. The van der Waals surface area contributed by atoms with E-state index in [0.29, 0.717) is 25.3 Å². The van der Waals surface area contributed by atoms with Gasteiger partial charge in [0.1, 0.15) is 0 Å². The van der Waals surface area contributed by atoms with Gasteiger partial charge in [-0.05, 0) is 29.3 Å². The molecule has 4 heteroatoms. The summed E-state index contributed by atoms with van der Waals surface area (Å²) in [4.78, 5) is 12.0. The summed E-state index contributed by atoms with van der Waals surface area (Å²) in [5.74, 6) is -0.0313. The highest BCUT2D eigenvalue weighted by atomic mass is 79.9. The molecule has 1 amide bonds. The topological polar surface area (TPSA) is 38.3 Å². The molecule has 1 N–H and O–H groups in total. The van der Waals surface area contributed by atoms with Crippen molar-refractivity contribution in [1.29, 1.82) is 0 Å². The molecule has 2 aromatic rings. The zero-order valence-electron chi connectivity index (χ0n) is 11.3. The van der Waals surface area contributed by atoms with Gasteiger partial charge < -0.3 is 10.1 Å². The molecule has 106 valence electrons. The molecular weight excluding hydrogens is 318 g/mol. The maximum absolute atomic E-state index is 12.0. The van der Waals surface area contributed by atoms with E-state index in [9.17, 15) is 4.79 Å². The van der Waals surface area contributed by atoms with Crippen molar-refractivity contribution in [2.75, 3.05) is 25.1 Å². The van der Waals surface area contributed by atoms with Crippen molar-refractivity contribution in [2.45, 2.75) is 6.42 Å². The quantitative estimate of drug-likeness (QED) is 0.622. The summed E-state index contributed by atoms with van der Waals surface area (Å²) >= 11 is 3.30. The van der Waals surface area contributed by atoms with E-state index >= 15 is 0 Å². The number of carbonyl (C=O) groups excluding carboxylic acids is 1. The predicted octanol–water partition coefficient (Wildman–Crippen LogP) is 3.37. The first-order valence-corrected chi connectivity index (χ1v) is 7.84. The van der Waals surface area contributed by atoms with Gasteiger partial charge in [0.15, 0.2) is 0 Å². The van der Waals surface area contributed by atoms with Crippen LogP contribution in [0.4, 0.5) is 0 Å². The van der Waals surface area contributed by atoms with Gasteiger partial charge in [0.25, 0.3) is 5.91 Å². The maximum atomic E-state index is 12.0. The molecule has 0 spiro atoms. The second-order valence-electron chi connectivity index (χ2n) is 4.47. The third kappa shape index (κ3) is 4.32. The van der Waals surface area contributed by atoms with Crippen LogP contribution in [0.2, 0.25) is 0 Å². The third-order valence-corrected chi connectivity index (χ3v) is 3.31. The first-order chi connectivity index (χ1) is 9.81. The maximum Gasteiger partial charge on any atom is 0.251 e. The van der Waals surface area contributed by atoms with Gasteiger partial charge in [-0.3, -0.25) is 4.79 Å². The van der Waals surface area contributed by atoms with E-state index in [2.05, 4.69) is 21.2 Å². The van der Waals surface area contributed by atoms with Crippen LogP contribution in [-0.2, 0) is 4.74 Å². The molecule has 0 radical (unpaired) electrons. The Kier molecular flexibility index (Phi) is 6.02. The van der Waals surface area contributed by atoms with Gasteiger partial charge >= 0.3 is 0 Å². The molecule has 3 nitrogen and oxygen atoms in total. The molecule has 0 bridgehead atoms. The molecule has 0 saturated carbocycles. The van der Waals surface area contributed by atoms with Crippen LogP contribution in [0.5, 0.6) is 0 Å². The number of rotatable bonds is 7. The lowest BCUT2D eigenvalue weighted by Gasteiger charge is -2.06. The van der Waals surface area contributed by atoms with Crippen LogP contribution in [-0.4, -0.2) is 31.0 Å². The van der Waals surface area contributed by atoms with Crippen LogP contribution in [0.3, 0.4) is 0 Å². The normalized spacial score (nSPS) is 10.7. The first-order valence-electron chi connectivity index (χ1n) is 6.72. The number of hydrogen-bond acceptors (Lipinski definition) is 2. The van der Waals surface area contributed by atoms with Crippen molar-refractivity contribution < 1.29 is 9.53 Å². The Morgan fingerprint density at radius 2 is 1.90 bits per heavy atom. The molecule has 0 aromatic heterocycles. The van der Waals surface area contributed by atoms with Gasteiger partial charge in [0, 0.05) is 24.0 Å². The largest absolute Gasteiger partial charge is 0.381 e. The summed E-state index contributed by atoms with van der Waals surface area (Å²) in [7, 11) is 0. The Bertz CT molecular complexity index is 571. The van der Waals surface area contributed by atoms with Crippen LogP contribution in [0.15, 0.2) is 42.5 Å². The zero-order valence-corrected chi connectivity index (χ0v) is 12.9. The number of benzene rings is 2. The lowest BCUT2D eigenvalue weighted by Crippen LogP contribution is -2.25. The van der Waals surface area contributed by atoms with Crippen molar-refractivity contribution >= 4 is 32.6 Å². The number of carbonyl (C=O) groups is 1. The number of hydrogen-bond donors (Lipinski definition) is 1. The van der Waals surface area contributed by atoms with Crippen LogP contribution in [0, 0.1) is 0 Å². The van der Waals surface area contributed by atoms with Gasteiger partial charge in [-0.15, -0.1) is 0 Å². The smallest absolute Gasteiger partial charge is 0.251 e. The number of fused-ring (bicyclic) bond motifs is 1. The van der Waals surface area contributed by atoms with Crippen LogP contribution in [0.25, 0.3) is 10.8 Å². The van der Waals surface area contributed by atoms with Gasteiger partial charge in [0.05, 0.1) is 6.61 Å². The number of ether oxygens (including phenoxy) is 1. The first kappa shape index (κ1) is 15.0. The van der Waals surface area contributed by atoms with Crippen molar-refractivity contribution in [1.82, 2.24) is 5.32 Å². The molecule has 0 aliphatic heterocycles. The van der Waals surface area contributed by atoms with Crippen molar-refractivity contribution in [3.8, 4) is 0 Å². The van der Waals surface area contributed by atoms with E-state index in [4.69, 9.17) is 4.74 Å². The van der Waals surface area contributed by atoms with Gasteiger partial charge in [-0.1, -0.05) is 46.3 Å². The van der Waals surface area contributed by atoms with Crippen LogP contribution < -0.4 is 5.32 Å². The average molecular weight is 336 g/mol. The number of alkyl halides is 1. The van der Waals surface area contributed by atoms with E-state index in [1.54, 1.807) is 0 Å². The highest BCUT2D eigenvalue weighted by molar-refractivity contribution is 9.09. The number of halogens is 1. The minimum absolute atomic E-state index is 0.0313. The summed E-state index contributed by atoms with van der Waals surface area (Å²) in [5.41, 5.74) is 0.699. The van der Waals surface area contributed by atoms with Crippen LogP contribution >= 0.6 is 15.9 Å². The highest BCUT2D eigenvalue weighted by Crippen LogP contribution is 2.15. The summed E-state index contributed by atoms with van der Waals surface area (Å²) in [6, 6.07) is 13.8. The Balaban J connectivity index is 1.84.